The van der Waals surface area contributed by atoms with E-state index in [4.69, 9.17) is 22.0 Å². The number of nitrogens with zero attached hydrogens (tertiary/aromatic N) is 2. The van der Waals surface area contributed by atoms with Crippen LogP contribution in [0.2, 0.25) is 5.02 Å². The summed E-state index contributed by atoms with van der Waals surface area (Å²) in [4.78, 5) is 24.4. The van der Waals surface area contributed by atoms with Crippen molar-refractivity contribution in [1.82, 2.24) is 4.90 Å². The first-order chi connectivity index (χ1) is 9.92. The summed E-state index contributed by atoms with van der Waals surface area (Å²) >= 11 is 5.84. The van der Waals surface area contributed by atoms with Gasteiger partial charge in [-0.05, 0) is 18.2 Å². The van der Waals surface area contributed by atoms with Crippen LogP contribution in [0.4, 0.5) is 10.5 Å². The van der Waals surface area contributed by atoms with Gasteiger partial charge in [0.1, 0.15) is 6.07 Å². The predicted octanol–water partition coefficient (Wildman–Crippen LogP) is 2.40. The SMILES string of the molecule is CC(C(=O)O)C1CN(C(=O)Nc2cc(Cl)ccc2C#N)C1. The minimum absolute atomic E-state index is 0.0388. The van der Waals surface area contributed by atoms with Gasteiger partial charge in [0.25, 0.3) is 0 Å². The number of nitrogens with one attached hydrogen (secondary N) is 1. The van der Waals surface area contributed by atoms with E-state index in [1.807, 2.05) is 6.07 Å². The fourth-order valence-electron chi connectivity index (χ4n) is 2.11. The lowest BCUT2D eigenvalue weighted by atomic mass is 9.87. The van der Waals surface area contributed by atoms with Crippen LogP contribution in [-0.2, 0) is 4.79 Å². The largest absolute Gasteiger partial charge is 0.481 e. The standard InChI is InChI=1S/C14H14ClN3O3/c1-8(13(19)20)10-6-18(7-10)14(21)17-12-4-11(15)3-2-9(12)5-16/h2-4,8,10H,6-7H2,1H3,(H,17,21)(H,19,20). The Morgan fingerprint density at radius 1 is 1.52 bits per heavy atom. The summed E-state index contributed by atoms with van der Waals surface area (Å²) in [6, 6.07) is 6.23. The van der Waals surface area contributed by atoms with Crippen LogP contribution >= 0.6 is 11.6 Å². The first-order valence-electron chi connectivity index (χ1n) is 6.40. The van der Waals surface area contributed by atoms with Crippen LogP contribution in [0.1, 0.15) is 12.5 Å². The van der Waals surface area contributed by atoms with Crippen LogP contribution in [0, 0.1) is 23.2 Å². The molecule has 2 amide bonds. The molecule has 1 unspecified atom stereocenters. The number of carbonyl (C=O) groups excluding carboxylic acids is 1. The fourth-order valence-corrected chi connectivity index (χ4v) is 2.28. The molecule has 1 atom stereocenters. The summed E-state index contributed by atoms with van der Waals surface area (Å²) in [6.07, 6.45) is 0. The molecule has 0 saturated carbocycles. The Hall–Kier alpha value is -2.26. The first kappa shape index (κ1) is 15.1. The smallest absolute Gasteiger partial charge is 0.321 e. The van der Waals surface area contributed by atoms with Crippen LogP contribution in [0.5, 0.6) is 0 Å². The normalized spacial score (nSPS) is 15.8. The van der Waals surface area contributed by atoms with Gasteiger partial charge in [-0.2, -0.15) is 5.26 Å². The third-order valence-electron chi connectivity index (χ3n) is 3.64. The topological polar surface area (TPSA) is 93.4 Å². The van der Waals surface area contributed by atoms with Gasteiger partial charge in [0.15, 0.2) is 0 Å². The van der Waals surface area contributed by atoms with Crippen molar-refractivity contribution in [1.29, 1.82) is 5.26 Å². The van der Waals surface area contributed by atoms with Crippen molar-refractivity contribution in [2.24, 2.45) is 11.8 Å². The summed E-state index contributed by atoms with van der Waals surface area (Å²) in [5.74, 6) is -1.38. The van der Waals surface area contributed by atoms with E-state index in [1.54, 1.807) is 13.0 Å². The number of halogens is 1. The first-order valence-corrected chi connectivity index (χ1v) is 6.78. The Bertz CT molecular complexity index is 620. The molecule has 1 heterocycles. The molecule has 0 bridgehead atoms. The Morgan fingerprint density at radius 3 is 2.76 bits per heavy atom. The molecule has 0 aliphatic carbocycles. The van der Waals surface area contributed by atoms with Crippen molar-refractivity contribution in [3.05, 3.63) is 28.8 Å². The quantitative estimate of drug-likeness (QED) is 0.896. The van der Waals surface area contributed by atoms with E-state index in [0.717, 1.165) is 0 Å². The number of likely N-dealkylation sites (tertiary alicyclic amines) is 1. The molecular weight excluding hydrogens is 294 g/mol. The molecule has 1 fully saturated rings. The molecule has 2 rings (SSSR count). The van der Waals surface area contributed by atoms with Crippen molar-refractivity contribution < 1.29 is 14.7 Å². The van der Waals surface area contributed by atoms with Crippen molar-refractivity contribution in [3.8, 4) is 6.07 Å². The monoisotopic (exact) mass is 307 g/mol. The maximum absolute atomic E-state index is 12.0. The summed E-state index contributed by atoms with van der Waals surface area (Å²) in [6.45, 7) is 2.41. The molecule has 110 valence electrons. The zero-order chi connectivity index (χ0) is 15.6. The van der Waals surface area contributed by atoms with Gasteiger partial charge in [-0.15, -0.1) is 0 Å². The number of hydrogen-bond acceptors (Lipinski definition) is 3. The van der Waals surface area contributed by atoms with E-state index in [2.05, 4.69) is 5.32 Å². The number of carboxylic acids is 1. The summed E-state index contributed by atoms with van der Waals surface area (Å²) in [7, 11) is 0. The minimum atomic E-state index is -0.860. The lowest BCUT2D eigenvalue weighted by Crippen LogP contribution is -2.54. The lowest BCUT2D eigenvalue weighted by molar-refractivity contribution is -0.144. The van der Waals surface area contributed by atoms with Gasteiger partial charge in [0.05, 0.1) is 17.2 Å². The zero-order valence-corrected chi connectivity index (χ0v) is 12.1. The highest BCUT2D eigenvalue weighted by Gasteiger charge is 2.37. The molecular formula is C14H14ClN3O3. The average Bonchev–Trinajstić information content (AvgIpc) is 2.36. The van der Waals surface area contributed by atoms with E-state index in [-0.39, 0.29) is 11.9 Å². The van der Waals surface area contributed by atoms with Crippen LogP contribution < -0.4 is 5.32 Å². The summed E-state index contributed by atoms with van der Waals surface area (Å²) in [5.41, 5.74) is 0.675. The van der Waals surface area contributed by atoms with Gasteiger partial charge in [-0.1, -0.05) is 18.5 Å². The van der Waals surface area contributed by atoms with E-state index >= 15 is 0 Å². The Labute approximate surface area is 126 Å². The number of nitriles is 1. The molecule has 1 aliphatic rings. The minimum Gasteiger partial charge on any atom is -0.481 e. The lowest BCUT2D eigenvalue weighted by Gasteiger charge is -2.41. The van der Waals surface area contributed by atoms with Crippen molar-refractivity contribution >= 4 is 29.3 Å². The number of anilines is 1. The highest BCUT2D eigenvalue weighted by Crippen LogP contribution is 2.26. The number of benzene rings is 1. The maximum atomic E-state index is 12.0. The average molecular weight is 308 g/mol. The Kier molecular flexibility index (Phi) is 4.34. The number of aliphatic carboxylic acids is 1. The van der Waals surface area contributed by atoms with E-state index in [9.17, 15) is 9.59 Å². The van der Waals surface area contributed by atoms with Crippen molar-refractivity contribution in [2.45, 2.75) is 6.92 Å². The van der Waals surface area contributed by atoms with Crippen LogP contribution in [-0.4, -0.2) is 35.1 Å². The van der Waals surface area contributed by atoms with Crippen molar-refractivity contribution in [3.63, 3.8) is 0 Å². The summed E-state index contributed by atoms with van der Waals surface area (Å²) in [5, 5.41) is 20.9. The zero-order valence-electron chi connectivity index (χ0n) is 11.3. The third kappa shape index (κ3) is 3.26. The van der Waals surface area contributed by atoms with Gasteiger partial charge in [0.2, 0.25) is 0 Å². The Balaban J connectivity index is 1.97. The molecule has 1 saturated heterocycles. The highest BCUT2D eigenvalue weighted by atomic mass is 35.5. The number of rotatable bonds is 3. The second kappa shape index (κ2) is 6.02. The number of urea groups is 1. The fraction of sp³-hybridized carbons (Fsp3) is 0.357. The molecule has 7 heteroatoms. The second-order valence-corrected chi connectivity index (χ2v) is 5.46. The Morgan fingerprint density at radius 2 is 2.19 bits per heavy atom. The number of carboxylic acid groups (broad SMARTS) is 1. The van der Waals surface area contributed by atoms with Crippen LogP contribution in [0.15, 0.2) is 18.2 Å². The highest BCUT2D eigenvalue weighted by molar-refractivity contribution is 6.31. The molecule has 1 aromatic rings. The maximum Gasteiger partial charge on any atom is 0.321 e. The number of amides is 2. The predicted molar refractivity (Wildman–Crippen MR) is 77.0 cm³/mol. The molecule has 0 spiro atoms. The molecule has 1 aromatic carbocycles. The van der Waals surface area contributed by atoms with Crippen LogP contribution in [0.25, 0.3) is 0 Å². The van der Waals surface area contributed by atoms with Gasteiger partial charge >= 0.3 is 12.0 Å². The van der Waals surface area contributed by atoms with Crippen molar-refractivity contribution in [2.75, 3.05) is 18.4 Å². The number of hydrogen-bond donors (Lipinski definition) is 2. The molecule has 1 aliphatic heterocycles. The molecule has 0 radical (unpaired) electrons. The van der Waals surface area contributed by atoms with E-state index < -0.39 is 11.9 Å². The van der Waals surface area contributed by atoms with Gasteiger partial charge in [0, 0.05) is 24.0 Å². The van der Waals surface area contributed by atoms with Gasteiger partial charge in [-0.25, -0.2) is 4.79 Å². The van der Waals surface area contributed by atoms with Gasteiger partial charge in [-0.3, -0.25) is 4.79 Å². The van der Waals surface area contributed by atoms with Gasteiger partial charge < -0.3 is 15.3 Å². The third-order valence-corrected chi connectivity index (χ3v) is 3.87. The summed E-state index contributed by atoms with van der Waals surface area (Å²) < 4.78 is 0. The van der Waals surface area contributed by atoms with Crippen LogP contribution in [0.3, 0.4) is 0 Å². The second-order valence-electron chi connectivity index (χ2n) is 5.02. The molecule has 6 nitrogen and oxygen atoms in total. The number of carbonyl (C=O) groups is 2. The molecule has 21 heavy (non-hydrogen) atoms. The van der Waals surface area contributed by atoms with E-state index in [1.165, 1.54) is 17.0 Å². The van der Waals surface area contributed by atoms with E-state index in [0.29, 0.717) is 29.4 Å². The molecule has 2 N–H and O–H groups in total. The molecule has 0 aromatic heterocycles.